The van der Waals surface area contributed by atoms with Crippen LogP contribution in [0.3, 0.4) is 0 Å². The summed E-state index contributed by atoms with van der Waals surface area (Å²) in [5, 5.41) is 0. The molecule has 6 heteroatoms. The van der Waals surface area contributed by atoms with Gasteiger partial charge >= 0.3 is 5.69 Å². The second-order valence-electron chi connectivity index (χ2n) is 5.28. The van der Waals surface area contributed by atoms with Gasteiger partial charge in [0.1, 0.15) is 6.54 Å². The molecule has 6 nitrogen and oxygen atoms in total. The molecule has 0 saturated carbocycles. The second kappa shape index (κ2) is 5.13. The van der Waals surface area contributed by atoms with Crippen molar-refractivity contribution in [2.45, 2.75) is 25.4 Å². The fourth-order valence-corrected chi connectivity index (χ4v) is 2.74. The number of carbonyl (C=O) groups is 1. The van der Waals surface area contributed by atoms with Crippen LogP contribution in [-0.4, -0.2) is 39.5 Å². The minimum atomic E-state index is -0.249. The number of imidazole rings is 1. The quantitative estimate of drug-likeness (QED) is 0.825. The van der Waals surface area contributed by atoms with Crippen LogP contribution in [0.1, 0.15) is 12.8 Å². The van der Waals surface area contributed by atoms with E-state index in [0.29, 0.717) is 6.54 Å². The second-order valence-corrected chi connectivity index (χ2v) is 5.28. The Kier molecular flexibility index (Phi) is 3.31. The van der Waals surface area contributed by atoms with Gasteiger partial charge in [-0.25, -0.2) is 4.79 Å². The molecule has 1 fully saturated rings. The lowest BCUT2D eigenvalue weighted by molar-refractivity contribution is -0.133. The number of aromatic amines is 1. The van der Waals surface area contributed by atoms with Crippen LogP contribution < -0.4 is 11.4 Å². The molecule has 3 N–H and O–H groups in total. The summed E-state index contributed by atoms with van der Waals surface area (Å²) in [6.45, 7) is 1.37. The van der Waals surface area contributed by atoms with Crippen LogP contribution in [0.15, 0.2) is 29.1 Å². The van der Waals surface area contributed by atoms with Crippen LogP contribution >= 0.6 is 0 Å². The molecule has 3 rings (SSSR count). The van der Waals surface area contributed by atoms with Crippen molar-refractivity contribution in [3.8, 4) is 0 Å². The number of H-pyrrole nitrogens is 1. The van der Waals surface area contributed by atoms with Crippen molar-refractivity contribution in [3.05, 3.63) is 34.7 Å². The van der Waals surface area contributed by atoms with Crippen LogP contribution in [0.25, 0.3) is 11.0 Å². The SMILES string of the molecule is NC1CCCN(C(=O)Cn2c(=O)[nH]c3ccccc32)C1. The molecule has 0 spiro atoms. The predicted octanol–water partition coefficient (Wildman–Crippen LogP) is 0.279. The summed E-state index contributed by atoms with van der Waals surface area (Å²) < 4.78 is 1.48. The number of para-hydroxylation sites is 2. The van der Waals surface area contributed by atoms with Crippen LogP contribution in [0, 0.1) is 0 Å². The monoisotopic (exact) mass is 274 g/mol. The molecule has 1 aliphatic rings. The third-order valence-corrected chi connectivity index (χ3v) is 3.79. The summed E-state index contributed by atoms with van der Waals surface area (Å²) in [4.78, 5) is 28.7. The minimum absolute atomic E-state index is 0.0485. The van der Waals surface area contributed by atoms with Gasteiger partial charge in [0, 0.05) is 19.1 Å². The number of piperidine rings is 1. The van der Waals surface area contributed by atoms with Crippen molar-refractivity contribution in [2.75, 3.05) is 13.1 Å². The fourth-order valence-electron chi connectivity index (χ4n) is 2.74. The summed E-state index contributed by atoms with van der Waals surface area (Å²) in [5.74, 6) is -0.0491. The first kappa shape index (κ1) is 12.9. The zero-order valence-corrected chi connectivity index (χ0v) is 11.2. The Labute approximate surface area is 116 Å². The van der Waals surface area contributed by atoms with Gasteiger partial charge in [-0.1, -0.05) is 12.1 Å². The third kappa shape index (κ3) is 2.34. The number of amides is 1. The molecule has 1 unspecified atom stereocenters. The Morgan fingerprint density at radius 1 is 1.40 bits per heavy atom. The molecule has 1 aromatic carbocycles. The normalized spacial score (nSPS) is 19.4. The van der Waals surface area contributed by atoms with Gasteiger partial charge in [0.05, 0.1) is 11.0 Å². The highest BCUT2D eigenvalue weighted by Crippen LogP contribution is 2.12. The molecule has 106 valence electrons. The van der Waals surface area contributed by atoms with Crippen molar-refractivity contribution in [1.82, 2.24) is 14.5 Å². The van der Waals surface area contributed by atoms with Crippen LogP contribution in [0.4, 0.5) is 0 Å². The van der Waals surface area contributed by atoms with Crippen LogP contribution in [0.2, 0.25) is 0 Å². The molecular formula is C14H18N4O2. The maximum absolute atomic E-state index is 12.3. The summed E-state index contributed by atoms with van der Waals surface area (Å²) in [6.07, 6.45) is 1.88. The highest BCUT2D eigenvalue weighted by molar-refractivity contribution is 5.80. The lowest BCUT2D eigenvalue weighted by Crippen LogP contribution is -2.47. The van der Waals surface area contributed by atoms with Gasteiger partial charge in [0.15, 0.2) is 0 Å². The summed E-state index contributed by atoms with van der Waals surface area (Å²) in [7, 11) is 0. The summed E-state index contributed by atoms with van der Waals surface area (Å²) in [6, 6.07) is 7.42. The molecule has 0 bridgehead atoms. The fraction of sp³-hybridized carbons (Fsp3) is 0.429. The first-order valence-electron chi connectivity index (χ1n) is 6.86. The number of likely N-dealkylation sites (tertiary alicyclic amines) is 1. The number of benzene rings is 1. The van der Waals surface area contributed by atoms with Gasteiger partial charge < -0.3 is 15.6 Å². The van der Waals surface area contributed by atoms with E-state index in [1.807, 2.05) is 24.3 Å². The van der Waals surface area contributed by atoms with Gasteiger partial charge in [-0.3, -0.25) is 9.36 Å². The molecule has 20 heavy (non-hydrogen) atoms. The van der Waals surface area contributed by atoms with Crippen LogP contribution in [0.5, 0.6) is 0 Å². The Bertz CT molecular complexity index is 688. The van der Waals surface area contributed by atoms with Crippen molar-refractivity contribution in [3.63, 3.8) is 0 Å². The van der Waals surface area contributed by atoms with E-state index >= 15 is 0 Å². The van der Waals surface area contributed by atoms with Gasteiger partial charge in [0.2, 0.25) is 5.91 Å². The van der Waals surface area contributed by atoms with Gasteiger partial charge in [-0.05, 0) is 25.0 Å². The van der Waals surface area contributed by atoms with E-state index < -0.39 is 0 Å². The standard InChI is InChI=1S/C14H18N4O2/c15-10-4-3-7-17(8-10)13(19)9-18-12-6-2-1-5-11(12)16-14(18)20/h1-2,5-6,10H,3-4,7-9,15H2,(H,16,20). The zero-order chi connectivity index (χ0) is 14.1. The van der Waals surface area contributed by atoms with E-state index in [2.05, 4.69) is 4.98 Å². The Hall–Kier alpha value is -2.08. The Morgan fingerprint density at radius 3 is 3.00 bits per heavy atom. The highest BCUT2D eigenvalue weighted by Gasteiger charge is 2.22. The molecule has 0 radical (unpaired) electrons. The number of hydrogen-bond acceptors (Lipinski definition) is 3. The van der Waals surface area contributed by atoms with E-state index in [0.717, 1.165) is 30.4 Å². The Balaban J connectivity index is 1.84. The van der Waals surface area contributed by atoms with Crippen molar-refractivity contribution in [1.29, 1.82) is 0 Å². The number of hydrogen-bond donors (Lipinski definition) is 2. The van der Waals surface area contributed by atoms with E-state index in [4.69, 9.17) is 5.73 Å². The van der Waals surface area contributed by atoms with E-state index in [1.165, 1.54) is 4.57 Å². The molecule has 1 aliphatic heterocycles. The van der Waals surface area contributed by atoms with Gasteiger partial charge in [-0.2, -0.15) is 0 Å². The Morgan fingerprint density at radius 2 is 2.20 bits per heavy atom. The summed E-state index contributed by atoms with van der Waals surface area (Å²) >= 11 is 0. The highest BCUT2D eigenvalue weighted by atomic mass is 16.2. The molecule has 1 aromatic heterocycles. The zero-order valence-electron chi connectivity index (χ0n) is 11.2. The van der Waals surface area contributed by atoms with E-state index in [9.17, 15) is 9.59 Å². The van der Waals surface area contributed by atoms with Crippen molar-refractivity contribution < 1.29 is 4.79 Å². The first-order valence-corrected chi connectivity index (χ1v) is 6.86. The molecule has 1 amide bonds. The molecule has 1 atom stereocenters. The topological polar surface area (TPSA) is 84.1 Å². The summed E-state index contributed by atoms with van der Waals surface area (Å²) in [5.41, 5.74) is 7.15. The molecule has 2 heterocycles. The predicted molar refractivity (Wildman–Crippen MR) is 76.3 cm³/mol. The molecule has 0 aliphatic carbocycles. The maximum Gasteiger partial charge on any atom is 0.326 e. The van der Waals surface area contributed by atoms with Gasteiger partial charge in [0.25, 0.3) is 0 Å². The van der Waals surface area contributed by atoms with Crippen molar-refractivity contribution in [2.24, 2.45) is 5.73 Å². The number of nitrogens with one attached hydrogen (secondary N) is 1. The first-order chi connectivity index (χ1) is 9.65. The van der Waals surface area contributed by atoms with Crippen molar-refractivity contribution >= 4 is 16.9 Å². The van der Waals surface area contributed by atoms with Crippen LogP contribution in [-0.2, 0) is 11.3 Å². The molecular weight excluding hydrogens is 256 g/mol. The lowest BCUT2D eigenvalue weighted by atomic mass is 10.1. The molecule has 2 aromatic rings. The minimum Gasteiger partial charge on any atom is -0.340 e. The van der Waals surface area contributed by atoms with Gasteiger partial charge in [-0.15, -0.1) is 0 Å². The molecule has 1 saturated heterocycles. The average Bonchev–Trinajstić information content (AvgIpc) is 2.75. The smallest absolute Gasteiger partial charge is 0.326 e. The maximum atomic E-state index is 12.3. The number of rotatable bonds is 2. The number of aromatic nitrogens is 2. The number of carbonyl (C=O) groups excluding carboxylic acids is 1. The number of nitrogens with zero attached hydrogens (tertiary/aromatic N) is 2. The number of fused-ring (bicyclic) bond motifs is 1. The average molecular weight is 274 g/mol. The lowest BCUT2D eigenvalue weighted by Gasteiger charge is -2.30. The van der Waals surface area contributed by atoms with E-state index in [1.54, 1.807) is 4.90 Å². The number of nitrogens with two attached hydrogens (primary N) is 1. The largest absolute Gasteiger partial charge is 0.340 e. The van der Waals surface area contributed by atoms with E-state index in [-0.39, 0.29) is 24.2 Å². The third-order valence-electron chi connectivity index (χ3n) is 3.79.